The molecule has 17 aromatic rings. The number of anilines is 6. The third kappa shape index (κ3) is 11.4. The van der Waals surface area contributed by atoms with E-state index >= 15 is 0 Å². The van der Waals surface area contributed by atoms with Gasteiger partial charge in [-0.05, 0) is 197 Å². The maximum Gasteiger partial charge on any atom is 0.252 e. The van der Waals surface area contributed by atoms with E-state index in [1.54, 1.807) is 0 Å². The van der Waals surface area contributed by atoms with Crippen LogP contribution in [0.4, 0.5) is 39.8 Å². The minimum Gasteiger partial charge on any atom is -0.310 e. The number of para-hydroxylation sites is 4. The van der Waals surface area contributed by atoms with Gasteiger partial charge in [0.2, 0.25) is 0 Å². The van der Waals surface area contributed by atoms with Crippen molar-refractivity contribution in [2.45, 2.75) is 78.6 Å². The van der Waals surface area contributed by atoms with Crippen LogP contribution in [0, 0.1) is 17.9 Å². The standard InChI is InChI=1S/C104H81BN6/c1-102(2,3)75-38-26-36-71(54-75)87-59-73(69-34-25-29-66(53-69)65-106)57-85(67-30-13-11-14-31-67)100(87)110-95-63-79(108-91-45-21-17-41-81(91)82-42-18-22-46-92(82)108)49-51-89(95)105-90-52-50-80(109-93-47-23-19-43-83(93)84-44-20-24-48-94(84)109)64-96(90)111(98-62-77(104(7,8)9)61-97(110)99(98)105)101-86(68-32-15-12-16-33-68)58-74(70-35-28-40-78(56-70)107-10)60-88(101)72-37-27-39-76(55-72)103(4,5)6/h11-64H,1-9H3. The Bertz CT molecular complexity index is 6250. The predicted molar refractivity (Wildman–Crippen MR) is 469 cm³/mol. The molecule has 0 amide bonds. The Hall–Kier alpha value is -13.5. The SMILES string of the molecule is [C-]#[N+]c1cccc(-c2cc(-c3ccccc3)c(N3c4cc(-n5c6ccccc6c6ccccc65)ccc4B4c5ccc(-n6c7ccccc7c7ccccc76)cc5N(c5c(-c6ccccc6)cc(-c6cccc(C#N)c6)cc5-c5cccc(C(C)(C)C)c5)c5cc(C(C)(C)C)cc3c54)c(-c3cccc(C(C)(C)C)c3)c2)c1. The highest BCUT2D eigenvalue weighted by molar-refractivity contribution is 7.00. The number of hydrogen-bond donors (Lipinski definition) is 0. The second kappa shape index (κ2) is 26.2. The summed E-state index contributed by atoms with van der Waals surface area (Å²) in [6.07, 6.45) is 0. The molecular weight excluding hydrogens is 1340 g/mol. The summed E-state index contributed by atoms with van der Waals surface area (Å²) in [4.78, 5) is 9.38. The van der Waals surface area contributed by atoms with Crippen LogP contribution in [-0.2, 0) is 16.2 Å². The molecule has 19 rings (SSSR count). The molecule has 0 radical (unpaired) electrons. The second-order valence-electron chi connectivity index (χ2n) is 33.1. The van der Waals surface area contributed by atoms with Crippen molar-refractivity contribution in [2.75, 3.05) is 9.80 Å². The summed E-state index contributed by atoms with van der Waals surface area (Å²) in [5.41, 5.74) is 32.9. The van der Waals surface area contributed by atoms with Gasteiger partial charge in [0.1, 0.15) is 0 Å². The monoisotopic (exact) mass is 1420 g/mol. The number of benzene rings is 15. The number of nitriles is 1. The zero-order valence-corrected chi connectivity index (χ0v) is 63.9. The third-order valence-electron chi connectivity index (χ3n) is 23.1. The molecule has 0 saturated carbocycles. The number of rotatable bonds is 10. The summed E-state index contributed by atoms with van der Waals surface area (Å²) in [6, 6.07) is 124. The van der Waals surface area contributed by atoms with Crippen molar-refractivity contribution in [3.05, 3.63) is 361 Å². The summed E-state index contributed by atoms with van der Waals surface area (Å²) < 4.78 is 4.95. The van der Waals surface area contributed by atoms with Crippen molar-refractivity contribution in [3.63, 3.8) is 0 Å². The van der Waals surface area contributed by atoms with E-state index in [0.717, 1.165) is 140 Å². The Morgan fingerprint density at radius 1 is 0.306 bits per heavy atom. The Morgan fingerprint density at radius 2 is 0.667 bits per heavy atom. The highest BCUT2D eigenvalue weighted by atomic mass is 15.2. The van der Waals surface area contributed by atoms with Gasteiger partial charge in [-0.2, -0.15) is 5.26 Å². The van der Waals surface area contributed by atoms with E-state index in [2.05, 4.69) is 383 Å². The van der Waals surface area contributed by atoms with Crippen LogP contribution in [0.2, 0.25) is 0 Å². The number of hydrogen-bond acceptors (Lipinski definition) is 3. The minimum absolute atomic E-state index is 0.190. The Balaban J connectivity index is 1.01. The van der Waals surface area contributed by atoms with Crippen LogP contribution in [0.5, 0.6) is 0 Å². The van der Waals surface area contributed by atoms with Crippen LogP contribution in [0.3, 0.4) is 0 Å². The van der Waals surface area contributed by atoms with Gasteiger partial charge in [-0.25, -0.2) is 4.85 Å². The predicted octanol–water partition coefficient (Wildman–Crippen LogP) is 26.3. The maximum atomic E-state index is 10.6. The summed E-state index contributed by atoms with van der Waals surface area (Å²) in [5, 5.41) is 15.4. The van der Waals surface area contributed by atoms with Gasteiger partial charge in [-0.15, -0.1) is 0 Å². The summed E-state index contributed by atoms with van der Waals surface area (Å²) in [7, 11) is 0. The van der Waals surface area contributed by atoms with E-state index in [4.69, 9.17) is 6.57 Å². The van der Waals surface area contributed by atoms with Gasteiger partial charge in [0, 0.05) is 77.9 Å². The van der Waals surface area contributed by atoms with Gasteiger partial charge < -0.3 is 18.9 Å². The molecule has 530 valence electrons. The lowest BCUT2D eigenvalue weighted by atomic mass is 9.33. The van der Waals surface area contributed by atoms with Gasteiger partial charge in [0.05, 0.1) is 51.6 Å². The molecule has 0 spiro atoms. The largest absolute Gasteiger partial charge is 0.310 e. The van der Waals surface area contributed by atoms with Crippen LogP contribution >= 0.6 is 0 Å². The smallest absolute Gasteiger partial charge is 0.252 e. The van der Waals surface area contributed by atoms with E-state index in [0.29, 0.717) is 11.3 Å². The Labute approximate surface area is 650 Å². The molecule has 2 aliphatic heterocycles. The Morgan fingerprint density at radius 3 is 1.07 bits per heavy atom. The molecular formula is C104H81BN6. The van der Waals surface area contributed by atoms with Crippen LogP contribution < -0.4 is 26.2 Å². The summed E-state index contributed by atoms with van der Waals surface area (Å²) >= 11 is 0. The van der Waals surface area contributed by atoms with E-state index in [1.165, 1.54) is 49.2 Å². The molecule has 7 heteroatoms. The molecule has 0 atom stereocenters. The van der Waals surface area contributed by atoms with Gasteiger partial charge in [-0.3, -0.25) is 0 Å². The molecule has 0 fully saturated rings. The maximum absolute atomic E-state index is 10.6. The zero-order valence-electron chi connectivity index (χ0n) is 63.9. The topological polar surface area (TPSA) is 44.5 Å². The van der Waals surface area contributed by atoms with E-state index in [-0.39, 0.29) is 17.5 Å². The number of nitrogens with zero attached hydrogens (tertiary/aromatic N) is 6. The molecule has 0 bridgehead atoms. The van der Waals surface area contributed by atoms with Crippen molar-refractivity contribution >= 4 is 107 Å². The molecule has 4 heterocycles. The van der Waals surface area contributed by atoms with Crippen molar-refractivity contribution in [3.8, 4) is 84.2 Å². The normalized spacial score (nSPS) is 12.7. The number of fused-ring (bicyclic) bond motifs is 10. The van der Waals surface area contributed by atoms with Crippen LogP contribution in [0.25, 0.3) is 127 Å². The van der Waals surface area contributed by atoms with Crippen LogP contribution in [-0.4, -0.2) is 15.8 Å². The fourth-order valence-corrected chi connectivity index (χ4v) is 17.6. The lowest BCUT2D eigenvalue weighted by molar-refractivity contribution is 0.590. The second-order valence-corrected chi connectivity index (χ2v) is 33.1. The third-order valence-corrected chi connectivity index (χ3v) is 23.1. The van der Waals surface area contributed by atoms with E-state index in [9.17, 15) is 5.26 Å². The lowest BCUT2D eigenvalue weighted by Crippen LogP contribution is -2.61. The zero-order chi connectivity index (χ0) is 75.8. The molecule has 0 aliphatic carbocycles. The van der Waals surface area contributed by atoms with Crippen molar-refractivity contribution in [1.82, 2.24) is 9.13 Å². The first-order valence-electron chi connectivity index (χ1n) is 38.6. The minimum atomic E-state index is -0.416. The van der Waals surface area contributed by atoms with Crippen LogP contribution in [0.15, 0.2) is 328 Å². The first-order chi connectivity index (χ1) is 53.9. The average molecular weight is 1430 g/mol. The molecule has 0 N–H and O–H groups in total. The molecule has 2 aromatic heterocycles. The lowest BCUT2D eigenvalue weighted by Gasteiger charge is -2.46. The highest BCUT2D eigenvalue weighted by Gasteiger charge is 2.47. The summed E-state index contributed by atoms with van der Waals surface area (Å²) in [6.45, 7) is 29.0. The molecule has 15 aromatic carbocycles. The van der Waals surface area contributed by atoms with E-state index in [1.807, 2.05) is 36.4 Å². The molecule has 0 saturated heterocycles. The highest BCUT2D eigenvalue weighted by Crippen LogP contribution is 2.56. The summed E-state index contributed by atoms with van der Waals surface area (Å²) in [5.74, 6) is 0. The van der Waals surface area contributed by atoms with Gasteiger partial charge in [-0.1, -0.05) is 287 Å². The first-order valence-corrected chi connectivity index (χ1v) is 38.6. The molecule has 0 unspecified atom stereocenters. The number of aromatic nitrogens is 2. The van der Waals surface area contributed by atoms with Gasteiger partial charge in [0.15, 0.2) is 5.69 Å². The molecule has 2 aliphatic rings. The van der Waals surface area contributed by atoms with E-state index < -0.39 is 5.41 Å². The van der Waals surface area contributed by atoms with Crippen molar-refractivity contribution < 1.29 is 0 Å². The van der Waals surface area contributed by atoms with Gasteiger partial charge >= 0.3 is 0 Å². The fourth-order valence-electron chi connectivity index (χ4n) is 17.6. The van der Waals surface area contributed by atoms with Crippen molar-refractivity contribution in [1.29, 1.82) is 5.26 Å². The van der Waals surface area contributed by atoms with Gasteiger partial charge in [0.25, 0.3) is 6.71 Å². The van der Waals surface area contributed by atoms with Crippen molar-refractivity contribution in [2.24, 2.45) is 0 Å². The average Bonchev–Trinajstić information content (AvgIpc) is 1.06. The first kappa shape index (κ1) is 68.1. The molecule has 111 heavy (non-hydrogen) atoms. The van der Waals surface area contributed by atoms with Crippen LogP contribution in [0.1, 0.15) is 84.6 Å². The molecule has 6 nitrogen and oxygen atoms in total. The fraction of sp³-hybridized carbons (Fsp3) is 0.115. The quantitative estimate of drug-likeness (QED) is 0.101. The Kier molecular flexibility index (Phi) is 16.1.